The fraction of sp³-hybridized carbons (Fsp3) is 0.500. The van der Waals surface area contributed by atoms with Crippen molar-refractivity contribution in [1.29, 1.82) is 0 Å². The molecular weight excluding hydrogens is 348 g/mol. The summed E-state index contributed by atoms with van der Waals surface area (Å²) >= 11 is 4.79. The van der Waals surface area contributed by atoms with Crippen molar-refractivity contribution in [3.8, 4) is 0 Å². The lowest BCUT2D eigenvalue weighted by atomic mass is 10.4. The number of sulfonamides is 1. The van der Waals surface area contributed by atoms with Crippen LogP contribution < -0.4 is 5.32 Å². The van der Waals surface area contributed by atoms with Gasteiger partial charge in [-0.05, 0) is 35.5 Å². The predicted molar refractivity (Wildman–Crippen MR) is 84.0 cm³/mol. The maximum Gasteiger partial charge on any atom is 0.245 e. The van der Waals surface area contributed by atoms with Crippen LogP contribution in [-0.4, -0.2) is 32.9 Å². The normalized spacial score (nSPS) is 12.1. The Morgan fingerprint density at radius 3 is 2.74 bits per heavy atom. The van der Waals surface area contributed by atoms with Gasteiger partial charge >= 0.3 is 0 Å². The molecule has 0 amide bonds. The Balaban J connectivity index is 3.01. The van der Waals surface area contributed by atoms with E-state index in [1.54, 1.807) is 13.1 Å². The van der Waals surface area contributed by atoms with E-state index in [0.717, 1.165) is 17.0 Å². The summed E-state index contributed by atoms with van der Waals surface area (Å²) in [7, 11) is -1.89. The molecular formula is C12H19BrN2O2S2. The standard InChI is InChI=1S/C12H19BrN2O2S2/c1-5-14-7-10-6-11(12(13)18-10)19(16,17)15(4)8-9(2)3/h6,14H,2,5,7-8H2,1,3-4H3. The van der Waals surface area contributed by atoms with Gasteiger partial charge in [0.15, 0.2) is 0 Å². The van der Waals surface area contributed by atoms with E-state index in [4.69, 9.17) is 0 Å². The van der Waals surface area contributed by atoms with Gasteiger partial charge in [0.2, 0.25) is 10.0 Å². The molecule has 0 aliphatic carbocycles. The van der Waals surface area contributed by atoms with Crippen molar-refractivity contribution >= 4 is 37.3 Å². The second-order valence-electron chi connectivity index (χ2n) is 4.35. The molecule has 7 heteroatoms. The Morgan fingerprint density at radius 1 is 1.58 bits per heavy atom. The molecule has 1 N–H and O–H groups in total. The van der Waals surface area contributed by atoms with E-state index in [1.807, 2.05) is 13.8 Å². The minimum atomic E-state index is -3.46. The highest BCUT2D eigenvalue weighted by atomic mass is 79.9. The molecule has 0 aliphatic rings. The lowest BCUT2D eigenvalue weighted by Crippen LogP contribution is -2.28. The van der Waals surface area contributed by atoms with E-state index in [9.17, 15) is 8.42 Å². The first kappa shape index (κ1) is 16.8. The lowest BCUT2D eigenvalue weighted by Gasteiger charge is -2.16. The van der Waals surface area contributed by atoms with E-state index in [2.05, 4.69) is 27.8 Å². The van der Waals surface area contributed by atoms with Crippen LogP contribution in [-0.2, 0) is 16.6 Å². The summed E-state index contributed by atoms with van der Waals surface area (Å²) in [5, 5.41) is 3.19. The largest absolute Gasteiger partial charge is 0.312 e. The molecule has 0 saturated carbocycles. The molecule has 19 heavy (non-hydrogen) atoms. The molecule has 0 spiro atoms. The number of nitrogens with one attached hydrogen (secondary N) is 1. The quantitative estimate of drug-likeness (QED) is 0.754. The van der Waals surface area contributed by atoms with Gasteiger partial charge in [0.25, 0.3) is 0 Å². The second kappa shape index (κ2) is 6.99. The van der Waals surface area contributed by atoms with Crippen molar-refractivity contribution < 1.29 is 8.42 Å². The molecule has 0 saturated heterocycles. The SMILES string of the molecule is C=C(C)CN(C)S(=O)(=O)c1cc(CNCC)sc1Br. The smallest absolute Gasteiger partial charge is 0.245 e. The Morgan fingerprint density at radius 2 is 2.21 bits per heavy atom. The predicted octanol–water partition coefficient (Wildman–Crippen LogP) is 2.82. The maximum absolute atomic E-state index is 12.4. The molecule has 0 fully saturated rings. The minimum Gasteiger partial charge on any atom is -0.312 e. The van der Waals surface area contributed by atoms with Gasteiger partial charge in [0, 0.05) is 25.0 Å². The third-order valence-corrected chi connectivity index (χ3v) is 6.49. The average molecular weight is 367 g/mol. The maximum atomic E-state index is 12.4. The Hall–Kier alpha value is -0.210. The van der Waals surface area contributed by atoms with Crippen LogP contribution in [0.15, 0.2) is 26.9 Å². The van der Waals surface area contributed by atoms with E-state index in [1.165, 1.54) is 15.6 Å². The third-order valence-electron chi connectivity index (χ3n) is 2.44. The molecule has 1 heterocycles. The van der Waals surface area contributed by atoms with Crippen molar-refractivity contribution in [3.05, 3.63) is 26.9 Å². The fourth-order valence-corrected chi connectivity index (χ4v) is 5.37. The highest BCUT2D eigenvalue weighted by Crippen LogP contribution is 2.33. The van der Waals surface area contributed by atoms with Gasteiger partial charge < -0.3 is 5.32 Å². The third kappa shape index (κ3) is 4.39. The monoisotopic (exact) mass is 366 g/mol. The van der Waals surface area contributed by atoms with Crippen LogP contribution in [0, 0.1) is 0 Å². The van der Waals surface area contributed by atoms with Crippen LogP contribution in [0.25, 0.3) is 0 Å². The molecule has 1 rings (SSSR count). The number of rotatable bonds is 7. The van der Waals surface area contributed by atoms with Gasteiger partial charge in [0.05, 0.1) is 3.79 Å². The van der Waals surface area contributed by atoms with Crippen molar-refractivity contribution in [2.45, 2.75) is 25.3 Å². The molecule has 4 nitrogen and oxygen atoms in total. The van der Waals surface area contributed by atoms with Crippen molar-refractivity contribution in [1.82, 2.24) is 9.62 Å². The van der Waals surface area contributed by atoms with Gasteiger partial charge in [-0.1, -0.05) is 19.1 Å². The second-order valence-corrected chi connectivity index (χ2v) is 8.82. The summed E-state index contributed by atoms with van der Waals surface area (Å²) in [4.78, 5) is 1.32. The zero-order chi connectivity index (χ0) is 14.6. The van der Waals surface area contributed by atoms with E-state index < -0.39 is 10.0 Å². The zero-order valence-corrected chi connectivity index (χ0v) is 14.6. The van der Waals surface area contributed by atoms with Gasteiger partial charge in [-0.3, -0.25) is 0 Å². The summed E-state index contributed by atoms with van der Waals surface area (Å²) in [6, 6.07) is 1.72. The number of thiophene rings is 1. The van der Waals surface area contributed by atoms with Crippen LogP contribution in [0.3, 0.4) is 0 Å². The molecule has 0 unspecified atom stereocenters. The topological polar surface area (TPSA) is 49.4 Å². The van der Waals surface area contributed by atoms with Crippen molar-refractivity contribution in [3.63, 3.8) is 0 Å². The van der Waals surface area contributed by atoms with Gasteiger partial charge in [-0.15, -0.1) is 11.3 Å². The minimum absolute atomic E-state index is 0.327. The van der Waals surface area contributed by atoms with Crippen molar-refractivity contribution in [2.24, 2.45) is 0 Å². The zero-order valence-electron chi connectivity index (χ0n) is 11.4. The highest BCUT2D eigenvalue weighted by Gasteiger charge is 2.25. The molecule has 0 bridgehead atoms. The summed E-state index contributed by atoms with van der Waals surface area (Å²) in [5.41, 5.74) is 0.810. The number of hydrogen-bond donors (Lipinski definition) is 1. The summed E-state index contributed by atoms with van der Waals surface area (Å²) < 4.78 is 26.8. The number of nitrogens with zero attached hydrogens (tertiary/aromatic N) is 1. The molecule has 0 radical (unpaired) electrons. The molecule has 0 aromatic carbocycles. The van der Waals surface area contributed by atoms with E-state index in [0.29, 0.717) is 21.8 Å². The Bertz CT molecular complexity index is 552. The molecule has 0 aliphatic heterocycles. The van der Waals surface area contributed by atoms with Crippen LogP contribution in [0.4, 0.5) is 0 Å². The fourth-order valence-electron chi connectivity index (χ4n) is 1.54. The molecule has 0 atom stereocenters. The average Bonchev–Trinajstić information content (AvgIpc) is 2.67. The van der Waals surface area contributed by atoms with Gasteiger partial charge in [-0.25, -0.2) is 8.42 Å². The Labute approximate surface area is 127 Å². The van der Waals surface area contributed by atoms with Crippen molar-refractivity contribution in [2.75, 3.05) is 20.1 Å². The number of hydrogen-bond acceptors (Lipinski definition) is 4. The van der Waals surface area contributed by atoms with E-state index in [-0.39, 0.29) is 0 Å². The van der Waals surface area contributed by atoms with E-state index >= 15 is 0 Å². The van der Waals surface area contributed by atoms with Crippen LogP contribution >= 0.6 is 27.3 Å². The molecule has 1 aromatic heterocycles. The van der Waals surface area contributed by atoms with Crippen LogP contribution in [0.2, 0.25) is 0 Å². The summed E-state index contributed by atoms with van der Waals surface area (Å²) in [5.74, 6) is 0. The Kier molecular flexibility index (Phi) is 6.19. The first-order valence-corrected chi connectivity index (χ1v) is 8.93. The number of halogens is 1. The van der Waals surface area contributed by atoms with Crippen LogP contribution in [0.5, 0.6) is 0 Å². The summed E-state index contributed by atoms with van der Waals surface area (Å²) in [6.07, 6.45) is 0. The van der Waals surface area contributed by atoms with Gasteiger partial charge in [0.1, 0.15) is 4.90 Å². The first-order chi connectivity index (χ1) is 8.78. The van der Waals surface area contributed by atoms with Crippen LogP contribution in [0.1, 0.15) is 18.7 Å². The lowest BCUT2D eigenvalue weighted by molar-refractivity contribution is 0.493. The first-order valence-electron chi connectivity index (χ1n) is 5.88. The molecule has 1 aromatic rings. The van der Waals surface area contributed by atoms with Gasteiger partial charge in [-0.2, -0.15) is 4.31 Å². The highest BCUT2D eigenvalue weighted by molar-refractivity contribution is 9.11. The summed E-state index contributed by atoms with van der Waals surface area (Å²) in [6.45, 7) is 9.43. The molecule has 108 valence electrons. The number of likely N-dealkylation sites (N-methyl/N-ethyl adjacent to an activating group) is 1.